The summed E-state index contributed by atoms with van der Waals surface area (Å²) in [4.78, 5) is 3.24. The first-order valence-corrected chi connectivity index (χ1v) is 3.33. The van der Waals surface area contributed by atoms with Crippen LogP contribution in [0.2, 0.25) is 0 Å². The predicted molar refractivity (Wildman–Crippen MR) is 36.7 cm³/mol. The molecule has 0 atom stereocenters. The van der Waals surface area contributed by atoms with Crippen LogP contribution in [0.5, 0.6) is 5.88 Å². The summed E-state index contributed by atoms with van der Waals surface area (Å²) in [6.07, 6.45) is 0.712. The summed E-state index contributed by atoms with van der Waals surface area (Å²) < 4.78 is 39.8. The van der Waals surface area contributed by atoms with E-state index in [-0.39, 0.29) is 5.56 Å². The lowest BCUT2D eigenvalue weighted by molar-refractivity contribution is -0.0530. The second kappa shape index (κ2) is 4.08. The van der Waals surface area contributed by atoms with E-state index >= 15 is 0 Å². The lowest BCUT2D eigenvalue weighted by Crippen LogP contribution is -2.04. The van der Waals surface area contributed by atoms with Gasteiger partial charge in [-0.3, -0.25) is 0 Å². The molecule has 0 spiro atoms. The van der Waals surface area contributed by atoms with Crippen molar-refractivity contribution < 1.29 is 23.0 Å². The Morgan fingerprint density at radius 3 is 2.77 bits per heavy atom. The highest BCUT2D eigenvalue weighted by molar-refractivity contribution is 5.21. The summed E-state index contributed by atoms with van der Waals surface area (Å²) in [5, 5.41) is 8.57. The van der Waals surface area contributed by atoms with Crippen molar-refractivity contribution in [2.24, 2.45) is 0 Å². The maximum Gasteiger partial charge on any atom is 0.388 e. The fourth-order valence-electron chi connectivity index (χ4n) is 0.735. The number of aromatic nitrogens is 1. The van der Waals surface area contributed by atoms with Crippen LogP contribution in [-0.2, 0) is 6.61 Å². The minimum absolute atomic E-state index is 0.134. The van der Waals surface area contributed by atoms with Crippen LogP contribution in [0.3, 0.4) is 0 Å². The predicted octanol–water partition coefficient (Wildman–Crippen LogP) is 1.31. The third-order valence-corrected chi connectivity index (χ3v) is 1.29. The van der Waals surface area contributed by atoms with E-state index in [4.69, 9.17) is 5.11 Å². The molecule has 1 aromatic heterocycles. The van der Waals surface area contributed by atoms with Gasteiger partial charge in [-0.25, -0.2) is 9.37 Å². The molecule has 3 nitrogen and oxygen atoms in total. The van der Waals surface area contributed by atoms with Crippen LogP contribution in [0.15, 0.2) is 12.3 Å². The lowest BCUT2D eigenvalue weighted by atomic mass is 10.3. The molecule has 0 aliphatic rings. The van der Waals surface area contributed by atoms with Gasteiger partial charge < -0.3 is 9.84 Å². The zero-order valence-electron chi connectivity index (χ0n) is 6.38. The summed E-state index contributed by atoms with van der Waals surface area (Å²) in [5.41, 5.74) is -0.134. The van der Waals surface area contributed by atoms with Gasteiger partial charge >= 0.3 is 6.61 Å². The molecule has 0 radical (unpaired) electrons. The second-order valence-electron chi connectivity index (χ2n) is 2.15. The molecular formula is C7H6F3NO2. The van der Waals surface area contributed by atoms with Crippen LogP contribution in [0, 0.1) is 5.82 Å². The van der Waals surface area contributed by atoms with E-state index in [0.29, 0.717) is 6.20 Å². The summed E-state index contributed by atoms with van der Waals surface area (Å²) in [6, 6.07) is 0.918. The molecule has 1 aromatic rings. The maximum atomic E-state index is 12.6. The molecule has 0 aliphatic heterocycles. The average Bonchev–Trinajstić information content (AvgIpc) is 2.07. The molecule has 0 fully saturated rings. The smallest absolute Gasteiger partial charge is 0.388 e. The minimum Gasteiger partial charge on any atom is -0.417 e. The van der Waals surface area contributed by atoms with Gasteiger partial charge in [-0.05, 0) is 0 Å². The summed E-state index contributed by atoms with van der Waals surface area (Å²) in [5.74, 6) is -1.18. The van der Waals surface area contributed by atoms with Gasteiger partial charge in [-0.15, -0.1) is 0 Å². The fraction of sp³-hybridized carbons (Fsp3) is 0.286. The highest BCUT2D eigenvalue weighted by Gasteiger charge is 2.08. The van der Waals surface area contributed by atoms with E-state index in [2.05, 4.69) is 9.72 Å². The van der Waals surface area contributed by atoms with E-state index in [1.165, 1.54) is 0 Å². The number of aliphatic hydroxyl groups excluding tert-OH is 1. The molecule has 0 amide bonds. The first-order valence-electron chi connectivity index (χ1n) is 3.33. The van der Waals surface area contributed by atoms with Crippen LogP contribution in [0.25, 0.3) is 0 Å². The van der Waals surface area contributed by atoms with E-state index in [0.717, 1.165) is 6.07 Å². The Hall–Kier alpha value is -1.30. The highest BCUT2D eigenvalue weighted by Crippen LogP contribution is 2.15. The molecule has 0 saturated heterocycles. The Kier molecular flexibility index (Phi) is 3.07. The Balaban J connectivity index is 2.86. The van der Waals surface area contributed by atoms with Gasteiger partial charge in [0.15, 0.2) is 0 Å². The zero-order valence-corrected chi connectivity index (χ0v) is 6.38. The third-order valence-electron chi connectivity index (χ3n) is 1.29. The molecule has 0 bridgehead atoms. The third kappa shape index (κ3) is 2.59. The van der Waals surface area contributed by atoms with Crippen LogP contribution in [0.4, 0.5) is 13.2 Å². The van der Waals surface area contributed by atoms with Crippen LogP contribution >= 0.6 is 0 Å². The van der Waals surface area contributed by atoms with Crippen LogP contribution in [-0.4, -0.2) is 16.7 Å². The highest BCUT2D eigenvalue weighted by atomic mass is 19.3. The molecule has 0 unspecified atom stereocenters. The van der Waals surface area contributed by atoms with Gasteiger partial charge in [0.05, 0.1) is 12.8 Å². The second-order valence-corrected chi connectivity index (χ2v) is 2.15. The van der Waals surface area contributed by atoms with Crippen LogP contribution < -0.4 is 4.74 Å². The number of ether oxygens (including phenoxy) is 1. The monoisotopic (exact) mass is 193 g/mol. The molecule has 1 heterocycles. The Morgan fingerprint density at radius 2 is 2.23 bits per heavy atom. The molecule has 0 aliphatic carbocycles. The quantitative estimate of drug-likeness (QED) is 0.787. The molecule has 72 valence electrons. The number of aliphatic hydroxyl groups is 1. The maximum absolute atomic E-state index is 12.6. The van der Waals surface area contributed by atoms with E-state index < -0.39 is 24.9 Å². The molecule has 0 aromatic carbocycles. The number of hydrogen-bond acceptors (Lipinski definition) is 3. The van der Waals surface area contributed by atoms with Crippen LogP contribution in [0.1, 0.15) is 5.56 Å². The molecule has 6 heteroatoms. The molecular weight excluding hydrogens is 187 g/mol. The topological polar surface area (TPSA) is 42.4 Å². The number of alkyl halides is 2. The number of rotatable bonds is 3. The van der Waals surface area contributed by atoms with Crippen molar-refractivity contribution in [3.63, 3.8) is 0 Å². The van der Waals surface area contributed by atoms with E-state index in [9.17, 15) is 13.2 Å². The van der Waals surface area contributed by atoms with Gasteiger partial charge in [0, 0.05) is 11.6 Å². The number of nitrogens with zero attached hydrogens (tertiary/aromatic N) is 1. The normalized spacial score (nSPS) is 10.5. The number of halogens is 3. The number of hydrogen-bond donors (Lipinski definition) is 1. The van der Waals surface area contributed by atoms with Crippen molar-refractivity contribution in [1.82, 2.24) is 4.98 Å². The van der Waals surface area contributed by atoms with Gasteiger partial charge in [0.25, 0.3) is 0 Å². The summed E-state index contributed by atoms with van der Waals surface area (Å²) in [7, 11) is 0. The average molecular weight is 193 g/mol. The minimum atomic E-state index is -3.01. The standard InChI is InChI=1S/C7H6F3NO2/c8-5-2-11-6(13-7(9)10)1-4(5)3-12/h1-2,7,12H,3H2. The molecule has 13 heavy (non-hydrogen) atoms. The van der Waals surface area contributed by atoms with Crippen molar-refractivity contribution in [3.8, 4) is 5.88 Å². The SMILES string of the molecule is OCc1cc(OC(F)F)ncc1F. The number of pyridine rings is 1. The van der Waals surface area contributed by atoms with Crippen molar-refractivity contribution >= 4 is 0 Å². The van der Waals surface area contributed by atoms with Crippen molar-refractivity contribution in [3.05, 3.63) is 23.6 Å². The fourth-order valence-corrected chi connectivity index (χ4v) is 0.735. The Morgan fingerprint density at radius 1 is 1.54 bits per heavy atom. The van der Waals surface area contributed by atoms with Gasteiger partial charge in [0.2, 0.25) is 5.88 Å². The van der Waals surface area contributed by atoms with E-state index in [1.807, 2.05) is 0 Å². The largest absolute Gasteiger partial charge is 0.417 e. The lowest BCUT2D eigenvalue weighted by Gasteiger charge is -2.04. The van der Waals surface area contributed by atoms with Crippen molar-refractivity contribution in [2.45, 2.75) is 13.2 Å². The molecule has 0 saturated carbocycles. The first-order chi connectivity index (χ1) is 6.13. The van der Waals surface area contributed by atoms with Crippen molar-refractivity contribution in [1.29, 1.82) is 0 Å². The Labute approximate surface area is 71.8 Å². The van der Waals surface area contributed by atoms with E-state index in [1.54, 1.807) is 0 Å². The molecule has 1 N–H and O–H groups in total. The van der Waals surface area contributed by atoms with Gasteiger partial charge in [-0.1, -0.05) is 0 Å². The summed E-state index contributed by atoms with van der Waals surface area (Å²) >= 11 is 0. The van der Waals surface area contributed by atoms with Gasteiger partial charge in [0.1, 0.15) is 5.82 Å². The summed E-state index contributed by atoms with van der Waals surface area (Å²) in [6.45, 7) is -3.60. The zero-order chi connectivity index (χ0) is 9.84. The van der Waals surface area contributed by atoms with Crippen molar-refractivity contribution in [2.75, 3.05) is 0 Å². The first kappa shape index (κ1) is 9.79. The molecule has 1 rings (SSSR count). The van der Waals surface area contributed by atoms with Gasteiger partial charge in [-0.2, -0.15) is 8.78 Å². The Bertz CT molecular complexity index is 293.